The van der Waals surface area contributed by atoms with E-state index in [2.05, 4.69) is 20.4 Å². The summed E-state index contributed by atoms with van der Waals surface area (Å²) < 4.78 is 37.1. The van der Waals surface area contributed by atoms with Gasteiger partial charge in [-0.2, -0.15) is 13.2 Å². The molecule has 0 amide bonds. The lowest BCUT2D eigenvalue weighted by Gasteiger charge is -2.01. The molecule has 0 N–H and O–H groups in total. The van der Waals surface area contributed by atoms with Crippen molar-refractivity contribution in [3.05, 3.63) is 42.4 Å². The van der Waals surface area contributed by atoms with Crippen LogP contribution in [0.15, 0.2) is 36.5 Å². The summed E-state index contributed by atoms with van der Waals surface area (Å²) in [5.74, 6) is -1.28. The second kappa shape index (κ2) is 4.01. The van der Waals surface area contributed by atoms with Crippen LogP contribution in [0.25, 0.3) is 16.6 Å². The first kappa shape index (κ1) is 11.6. The number of aromatic nitrogens is 5. The summed E-state index contributed by atoms with van der Waals surface area (Å²) in [4.78, 5) is 4.93. The van der Waals surface area contributed by atoms with Crippen molar-refractivity contribution < 1.29 is 13.2 Å². The lowest BCUT2D eigenvalue weighted by molar-refractivity contribution is -0.145. The Hall–Kier alpha value is -2.51. The predicted octanol–water partition coefficient (Wildman–Crippen LogP) is 2.23. The molecule has 1 aromatic carbocycles. The standard InChI is InChI=1S/C11H6F3N5/c12-11(13,14)10-16-18-19(17-10)8-5-7-3-1-2-4-9(7)15-6-8/h1-6H. The molecule has 0 atom stereocenters. The smallest absolute Gasteiger partial charge is 0.254 e. The van der Waals surface area contributed by atoms with E-state index >= 15 is 0 Å². The molecular formula is C11H6F3N5. The van der Waals surface area contributed by atoms with Crippen LogP contribution in [0.2, 0.25) is 0 Å². The summed E-state index contributed by atoms with van der Waals surface area (Å²) in [7, 11) is 0. The van der Waals surface area contributed by atoms with E-state index in [1.54, 1.807) is 18.2 Å². The number of nitrogens with zero attached hydrogens (tertiary/aromatic N) is 5. The molecule has 2 heterocycles. The van der Waals surface area contributed by atoms with Gasteiger partial charge in [-0.3, -0.25) is 4.98 Å². The monoisotopic (exact) mass is 265 g/mol. The number of fused-ring (bicyclic) bond motifs is 1. The summed E-state index contributed by atoms with van der Waals surface area (Å²) in [6, 6.07) is 8.88. The van der Waals surface area contributed by atoms with Crippen molar-refractivity contribution in [3.8, 4) is 5.69 Å². The molecular weight excluding hydrogens is 259 g/mol. The van der Waals surface area contributed by atoms with Crippen LogP contribution in [0.1, 0.15) is 5.82 Å². The van der Waals surface area contributed by atoms with E-state index in [9.17, 15) is 13.2 Å². The van der Waals surface area contributed by atoms with Crippen molar-refractivity contribution in [2.45, 2.75) is 6.18 Å². The van der Waals surface area contributed by atoms with Gasteiger partial charge in [0.05, 0.1) is 11.7 Å². The molecule has 8 heteroatoms. The Balaban J connectivity index is 2.07. The molecule has 0 aliphatic carbocycles. The zero-order valence-electron chi connectivity index (χ0n) is 9.33. The van der Waals surface area contributed by atoms with Crippen LogP contribution in [-0.4, -0.2) is 25.2 Å². The average molecular weight is 265 g/mol. The highest BCUT2D eigenvalue weighted by Crippen LogP contribution is 2.25. The molecule has 0 saturated carbocycles. The van der Waals surface area contributed by atoms with E-state index < -0.39 is 12.0 Å². The number of benzene rings is 1. The van der Waals surface area contributed by atoms with Gasteiger partial charge in [0.1, 0.15) is 5.69 Å². The van der Waals surface area contributed by atoms with E-state index in [1.807, 2.05) is 12.1 Å². The lowest BCUT2D eigenvalue weighted by atomic mass is 10.2. The molecule has 5 nitrogen and oxygen atoms in total. The summed E-state index contributed by atoms with van der Waals surface area (Å²) in [5, 5.41) is 10.4. The maximum absolute atomic E-state index is 12.4. The van der Waals surface area contributed by atoms with Gasteiger partial charge in [0, 0.05) is 5.39 Å². The molecule has 0 bridgehead atoms. The highest BCUT2D eigenvalue weighted by atomic mass is 19.4. The van der Waals surface area contributed by atoms with Gasteiger partial charge in [0.25, 0.3) is 5.82 Å². The fourth-order valence-corrected chi connectivity index (χ4v) is 1.61. The molecule has 0 fully saturated rings. The minimum Gasteiger partial charge on any atom is -0.254 e. The second-order valence-electron chi connectivity index (χ2n) is 3.79. The Bertz CT molecular complexity index is 734. The highest BCUT2D eigenvalue weighted by Gasteiger charge is 2.36. The van der Waals surface area contributed by atoms with Gasteiger partial charge >= 0.3 is 6.18 Å². The molecule has 0 radical (unpaired) electrons. The maximum atomic E-state index is 12.4. The first-order valence-electron chi connectivity index (χ1n) is 5.26. The zero-order valence-corrected chi connectivity index (χ0v) is 9.33. The molecule has 2 aromatic heterocycles. The van der Waals surface area contributed by atoms with E-state index in [4.69, 9.17) is 0 Å². The van der Waals surface area contributed by atoms with Crippen LogP contribution < -0.4 is 0 Å². The van der Waals surface area contributed by atoms with Crippen LogP contribution in [0.4, 0.5) is 13.2 Å². The number of alkyl halides is 3. The Morgan fingerprint density at radius 3 is 2.63 bits per heavy atom. The first-order chi connectivity index (χ1) is 9.04. The van der Waals surface area contributed by atoms with Crippen LogP contribution >= 0.6 is 0 Å². The van der Waals surface area contributed by atoms with E-state index in [0.29, 0.717) is 5.69 Å². The first-order valence-corrected chi connectivity index (χ1v) is 5.26. The van der Waals surface area contributed by atoms with Gasteiger partial charge in [-0.15, -0.1) is 15.0 Å². The quantitative estimate of drug-likeness (QED) is 0.677. The Labute approximate surface area is 104 Å². The number of tetrazole rings is 1. The Morgan fingerprint density at radius 2 is 1.89 bits per heavy atom. The largest absolute Gasteiger partial charge is 0.455 e. The van der Waals surface area contributed by atoms with Crippen molar-refractivity contribution in [2.24, 2.45) is 0 Å². The van der Waals surface area contributed by atoms with Gasteiger partial charge in [0.15, 0.2) is 0 Å². The second-order valence-corrected chi connectivity index (χ2v) is 3.79. The van der Waals surface area contributed by atoms with Gasteiger partial charge in [-0.25, -0.2) is 0 Å². The molecule has 0 aliphatic rings. The van der Waals surface area contributed by atoms with Gasteiger partial charge in [0.2, 0.25) is 0 Å². The van der Waals surface area contributed by atoms with Crippen LogP contribution in [0.3, 0.4) is 0 Å². The number of para-hydroxylation sites is 1. The van der Waals surface area contributed by atoms with Crippen molar-refractivity contribution in [2.75, 3.05) is 0 Å². The molecule has 3 rings (SSSR count). The minimum absolute atomic E-state index is 0.321. The summed E-state index contributed by atoms with van der Waals surface area (Å²) in [5.41, 5.74) is 1.06. The van der Waals surface area contributed by atoms with Crippen molar-refractivity contribution >= 4 is 10.9 Å². The molecule has 96 valence electrons. The van der Waals surface area contributed by atoms with Gasteiger partial charge < -0.3 is 0 Å². The minimum atomic E-state index is -4.61. The number of hydrogen-bond donors (Lipinski definition) is 0. The fraction of sp³-hybridized carbons (Fsp3) is 0.0909. The Kier molecular flexibility index (Phi) is 2.44. The summed E-state index contributed by atoms with van der Waals surface area (Å²) in [6.07, 6.45) is -3.22. The lowest BCUT2D eigenvalue weighted by Crippen LogP contribution is -2.08. The third-order valence-corrected chi connectivity index (χ3v) is 2.47. The van der Waals surface area contributed by atoms with Gasteiger partial charge in [-0.05, 0) is 17.3 Å². The van der Waals surface area contributed by atoms with Crippen LogP contribution in [0.5, 0.6) is 0 Å². The molecule has 0 aliphatic heterocycles. The van der Waals surface area contributed by atoms with E-state index in [0.717, 1.165) is 15.7 Å². The molecule has 3 aromatic rings. The molecule has 0 saturated heterocycles. The summed E-state index contributed by atoms with van der Waals surface area (Å²) in [6.45, 7) is 0. The molecule has 0 unspecified atom stereocenters. The third kappa shape index (κ3) is 2.12. The molecule has 0 spiro atoms. The van der Waals surface area contributed by atoms with Crippen molar-refractivity contribution in [1.82, 2.24) is 25.2 Å². The average Bonchev–Trinajstić information content (AvgIpc) is 2.87. The van der Waals surface area contributed by atoms with E-state index in [1.165, 1.54) is 6.20 Å². The number of hydrogen-bond acceptors (Lipinski definition) is 4. The topological polar surface area (TPSA) is 56.5 Å². The van der Waals surface area contributed by atoms with Crippen LogP contribution in [-0.2, 0) is 6.18 Å². The zero-order chi connectivity index (χ0) is 13.5. The number of pyridine rings is 1. The number of rotatable bonds is 1. The SMILES string of the molecule is FC(F)(F)c1nnn(-c2cnc3ccccc3c2)n1. The predicted molar refractivity (Wildman–Crippen MR) is 59.5 cm³/mol. The maximum Gasteiger partial charge on any atom is 0.455 e. The van der Waals surface area contributed by atoms with Crippen molar-refractivity contribution in [1.29, 1.82) is 0 Å². The summed E-state index contributed by atoms with van der Waals surface area (Å²) >= 11 is 0. The number of halogens is 3. The van der Waals surface area contributed by atoms with Crippen molar-refractivity contribution in [3.63, 3.8) is 0 Å². The van der Waals surface area contributed by atoms with Gasteiger partial charge in [-0.1, -0.05) is 18.2 Å². The van der Waals surface area contributed by atoms with Crippen LogP contribution in [0, 0.1) is 0 Å². The fourth-order valence-electron chi connectivity index (χ4n) is 1.61. The normalized spacial score (nSPS) is 11.9. The third-order valence-electron chi connectivity index (χ3n) is 2.47. The highest BCUT2D eigenvalue weighted by molar-refractivity contribution is 5.79. The molecule has 19 heavy (non-hydrogen) atoms. The van der Waals surface area contributed by atoms with E-state index in [-0.39, 0.29) is 0 Å². The Morgan fingerprint density at radius 1 is 1.11 bits per heavy atom.